The van der Waals surface area contributed by atoms with E-state index in [0.717, 1.165) is 38.8 Å². The molecule has 0 spiro atoms. The van der Waals surface area contributed by atoms with Crippen molar-refractivity contribution in [2.45, 2.75) is 39.0 Å². The minimum absolute atomic E-state index is 0.117. The summed E-state index contributed by atoms with van der Waals surface area (Å²) in [5, 5.41) is 0. The molecule has 1 rings (SSSR count). The van der Waals surface area contributed by atoms with Crippen molar-refractivity contribution in [1.29, 1.82) is 0 Å². The predicted octanol–water partition coefficient (Wildman–Crippen LogP) is 2.92. The summed E-state index contributed by atoms with van der Waals surface area (Å²) in [4.78, 5) is 13.7. The van der Waals surface area contributed by atoms with E-state index in [4.69, 9.17) is 0 Å². The van der Waals surface area contributed by atoms with Crippen LogP contribution in [0.1, 0.15) is 39.0 Å². The summed E-state index contributed by atoms with van der Waals surface area (Å²) in [6.45, 7) is 3.54. The van der Waals surface area contributed by atoms with Gasteiger partial charge in [-0.2, -0.15) is 0 Å². The van der Waals surface area contributed by atoms with Gasteiger partial charge in [0.25, 0.3) is 0 Å². The molecule has 2 heteroatoms. The average molecular weight is 279 g/mol. The fourth-order valence-corrected chi connectivity index (χ4v) is 1.92. The zero-order valence-corrected chi connectivity index (χ0v) is 12.6. The number of likely N-dealkylation sites (tertiary alicyclic amines) is 1. The second-order valence-corrected chi connectivity index (χ2v) is 4.64. The van der Waals surface area contributed by atoms with Crippen molar-refractivity contribution in [2.75, 3.05) is 13.1 Å². The number of carbonyl (C=O) groups excluding carboxylic acids is 1. The highest BCUT2D eigenvalue weighted by Gasteiger charge is 2.12. The van der Waals surface area contributed by atoms with E-state index in [9.17, 15) is 4.79 Å². The van der Waals surface area contributed by atoms with E-state index in [2.05, 4.69) is 35.5 Å². The molecule has 0 aromatic rings. The van der Waals surface area contributed by atoms with Gasteiger partial charge in [0.05, 0.1) is 0 Å². The second-order valence-electron chi connectivity index (χ2n) is 4.64. The lowest BCUT2D eigenvalue weighted by atomic mass is 10.1. The Labute approximate surface area is 128 Å². The number of hydrogen-bond acceptors (Lipinski definition) is 1. The number of nitrogens with zero attached hydrogens (tertiary/aromatic N) is 1. The van der Waals surface area contributed by atoms with Crippen molar-refractivity contribution >= 4 is 5.91 Å². The van der Waals surface area contributed by atoms with E-state index in [1.165, 1.54) is 6.42 Å². The van der Waals surface area contributed by atoms with Crippen LogP contribution in [0.3, 0.4) is 0 Å². The third-order valence-corrected chi connectivity index (χ3v) is 2.99. The summed E-state index contributed by atoms with van der Waals surface area (Å²) in [6, 6.07) is 0. The fraction of sp³-hybridized carbons (Fsp3) is 0.421. The van der Waals surface area contributed by atoms with Gasteiger partial charge in [-0.25, -0.2) is 0 Å². The third kappa shape index (κ3) is 8.41. The van der Waals surface area contributed by atoms with Gasteiger partial charge in [0.15, 0.2) is 0 Å². The summed E-state index contributed by atoms with van der Waals surface area (Å²) in [6.07, 6.45) is 12.5. The molecule has 0 aromatic carbocycles. The minimum atomic E-state index is 0.117. The molecule has 0 aromatic heterocycles. The number of amides is 1. The summed E-state index contributed by atoms with van der Waals surface area (Å²) in [5.74, 6) is 16.4. The molecule has 1 amide bonds. The molecular formula is C19H21NO. The first kappa shape index (κ1) is 16.7. The zero-order valence-electron chi connectivity index (χ0n) is 12.6. The SMILES string of the molecule is CC#CC#CC#CCC/C=C/C=C/C(=O)N1CCCCC1. The Kier molecular flexibility index (Phi) is 9.10. The van der Waals surface area contributed by atoms with Gasteiger partial charge in [-0.05, 0) is 56.3 Å². The van der Waals surface area contributed by atoms with Crippen molar-refractivity contribution in [3.8, 4) is 35.5 Å². The van der Waals surface area contributed by atoms with Crippen LogP contribution < -0.4 is 0 Å². The molecule has 0 saturated carbocycles. The highest BCUT2D eigenvalue weighted by Crippen LogP contribution is 2.08. The molecule has 1 saturated heterocycles. The van der Waals surface area contributed by atoms with Crippen molar-refractivity contribution in [2.24, 2.45) is 0 Å². The van der Waals surface area contributed by atoms with Gasteiger partial charge >= 0.3 is 0 Å². The third-order valence-electron chi connectivity index (χ3n) is 2.99. The monoisotopic (exact) mass is 279 g/mol. The van der Waals surface area contributed by atoms with Crippen LogP contribution in [-0.4, -0.2) is 23.9 Å². The first-order valence-corrected chi connectivity index (χ1v) is 7.36. The quantitative estimate of drug-likeness (QED) is 0.335. The Morgan fingerprint density at radius 2 is 1.81 bits per heavy atom. The van der Waals surface area contributed by atoms with E-state index in [0.29, 0.717) is 0 Å². The van der Waals surface area contributed by atoms with Gasteiger partial charge in [0.1, 0.15) is 0 Å². The molecule has 2 nitrogen and oxygen atoms in total. The van der Waals surface area contributed by atoms with Crippen molar-refractivity contribution in [1.82, 2.24) is 4.90 Å². The number of carbonyl (C=O) groups is 1. The van der Waals surface area contributed by atoms with Gasteiger partial charge in [-0.1, -0.05) is 30.1 Å². The maximum Gasteiger partial charge on any atom is 0.246 e. The largest absolute Gasteiger partial charge is 0.339 e. The van der Waals surface area contributed by atoms with Crippen LogP contribution in [-0.2, 0) is 4.79 Å². The molecule has 1 fully saturated rings. The minimum Gasteiger partial charge on any atom is -0.339 e. The van der Waals surface area contributed by atoms with Crippen LogP contribution in [0.5, 0.6) is 0 Å². The smallest absolute Gasteiger partial charge is 0.246 e. The van der Waals surface area contributed by atoms with Crippen LogP contribution >= 0.6 is 0 Å². The van der Waals surface area contributed by atoms with Crippen LogP contribution in [0.4, 0.5) is 0 Å². The number of hydrogen-bond donors (Lipinski definition) is 0. The van der Waals surface area contributed by atoms with Crippen molar-refractivity contribution in [3.05, 3.63) is 24.3 Å². The van der Waals surface area contributed by atoms with Crippen LogP contribution in [0, 0.1) is 35.5 Å². The number of unbranched alkanes of at least 4 members (excludes halogenated alkanes) is 1. The molecule has 1 aliphatic rings. The zero-order chi connectivity index (χ0) is 15.2. The number of allylic oxidation sites excluding steroid dienone is 3. The van der Waals surface area contributed by atoms with Crippen LogP contribution in [0.15, 0.2) is 24.3 Å². The van der Waals surface area contributed by atoms with Crippen LogP contribution in [0.2, 0.25) is 0 Å². The van der Waals surface area contributed by atoms with Crippen molar-refractivity contribution < 1.29 is 4.79 Å². The molecule has 0 atom stereocenters. The van der Waals surface area contributed by atoms with E-state index in [1.807, 2.05) is 17.1 Å². The average Bonchev–Trinajstić information content (AvgIpc) is 2.53. The van der Waals surface area contributed by atoms with E-state index in [1.54, 1.807) is 19.1 Å². The van der Waals surface area contributed by atoms with Crippen molar-refractivity contribution in [3.63, 3.8) is 0 Å². The summed E-state index contributed by atoms with van der Waals surface area (Å²) in [5.41, 5.74) is 0. The second kappa shape index (κ2) is 11.5. The highest BCUT2D eigenvalue weighted by molar-refractivity contribution is 5.87. The Morgan fingerprint density at radius 3 is 2.57 bits per heavy atom. The Hall–Kier alpha value is -2.37. The number of piperidine rings is 1. The normalized spacial score (nSPS) is 13.9. The van der Waals surface area contributed by atoms with E-state index in [-0.39, 0.29) is 5.91 Å². The lowest BCUT2D eigenvalue weighted by Crippen LogP contribution is -2.34. The van der Waals surface area contributed by atoms with E-state index < -0.39 is 0 Å². The van der Waals surface area contributed by atoms with Crippen LogP contribution in [0.25, 0.3) is 0 Å². The van der Waals surface area contributed by atoms with E-state index >= 15 is 0 Å². The predicted molar refractivity (Wildman–Crippen MR) is 86.9 cm³/mol. The standard InChI is InChI=1S/C19H21NO/c1-2-3-4-5-6-7-8-9-10-11-13-16-19(21)20-17-14-12-15-18-20/h10-11,13,16H,8-9,12,14-15,17-18H2,1H3/b11-10+,16-13+. The van der Waals surface area contributed by atoms with Gasteiger partial charge in [-0.15, -0.1) is 0 Å². The lowest BCUT2D eigenvalue weighted by Gasteiger charge is -2.25. The maximum atomic E-state index is 11.8. The van der Waals surface area contributed by atoms with Gasteiger partial charge in [-0.3, -0.25) is 4.79 Å². The maximum absolute atomic E-state index is 11.8. The summed E-state index contributed by atoms with van der Waals surface area (Å²) in [7, 11) is 0. The Morgan fingerprint density at radius 1 is 1.05 bits per heavy atom. The summed E-state index contributed by atoms with van der Waals surface area (Å²) < 4.78 is 0. The van der Waals surface area contributed by atoms with Gasteiger partial charge < -0.3 is 4.90 Å². The molecule has 0 bridgehead atoms. The van der Waals surface area contributed by atoms with Gasteiger partial charge in [0.2, 0.25) is 5.91 Å². The molecule has 108 valence electrons. The summed E-state index contributed by atoms with van der Waals surface area (Å²) >= 11 is 0. The molecular weight excluding hydrogens is 258 g/mol. The lowest BCUT2D eigenvalue weighted by molar-refractivity contribution is -0.126. The number of rotatable bonds is 4. The molecule has 0 unspecified atom stereocenters. The molecule has 0 radical (unpaired) electrons. The fourth-order valence-electron chi connectivity index (χ4n) is 1.92. The molecule has 0 N–H and O–H groups in total. The Balaban J connectivity index is 2.19. The highest BCUT2D eigenvalue weighted by atomic mass is 16.2. The molecule has 1 heterocycles. The molecule has 1 aliphatic heterocycles. The Bertz CT molecular complexity index is 558. The first-order valence-electron chi connectivity index (χ1n) is 7.36. The molecule has 21 heavy (non-hydrogen) atoms. The topological polar surface area (TPSA) is 20.3 Å². The van der Waals surface area contributed by atoms with Gasteiger partial charge in [0, 0.05) is 25.6 Å². The first-order chi connectivity index (χ1) is 10.3. The molecule has 0 aliphatic carbocycles.